The van der Waals surface area contributed by atoms with Crippen molar-refractivity contribution in [3.05, 3.63) is 60.3 Å². The summed E-state index contributed by atoms with van der Waals surface area (Å²) in [4.78, 5) is 12.2. The van der Waals surface area contributed by atoms with Gasteiger partial charge in [-0.25, -0.2) is 4.79 Å². The average molecular weight is 367 g/mol. The van der Waals surface area contributed by atoms with E-state index in [0.717, 1.165) is 5.56 Å². The molecule has 0 fully saturated rings. The highest BCUT2D eigenvalue weighted by Crippen LogP contribution is 2.31. The molecule has 138 valence electrons. The molecule has 1 aliphatic heterocycles. The first-order chi connectivity index (χ1) is 13.2. The smallest absolute Gasteiger partial charge is 0.351 e. The third-order valence-corrected chi connectivity index (χ3v) is 4.05. The van der Waals surface area contributed by atoms with Gasteiger partial charge in [-0.2, -0.15) is 0 Å². The van der Waals surface area contributed by atoms with Gasteiger partial charge in [0.15, 0.2) is 17.3 Å². The van der Waals surface area contributed by atoms with E-state index < -0.39 is 12.1 Å². The zero-order chi connectivity index (χ0) is 18.6. The second kappa shape index (κ2) is 7.41. The molecular weight excluding hydrogens is 350 g/mol. The lowest BCUT2D eigenvalue weighted by Gasteiger charge is -2.24. The van der Waals surface area contributed by atoms with Gasteiger partial charge < -0.3 is 23.5 Å². The summed E-state index contributed by atoms with van der Waals surface area (Å²) >= 11 is 0. The Kier molecular flexibility index (Phi) is 4.65. The molecule has 7 heteroatoms. The number of aromatic nitrogens is 1. The van der Waals surface area contributed by atoms with E-state index in [1.807, 2.05) is 36.4 Å². The number of ether oxygens (including phenoxy) is 4. The Morgan fingerprint density at radius 2 is 2.00 bits per heavy atom. The summed E-state index contributed by atoms with van der Waals surface area (Å²) in [5.74, 6) is 1.89. The number of benzene rings is 2. The Balaban J connectivity index is 1.37. The van der Waals surface area contributed by atoms with Crippen LogP contribution in [-0.4, -0.2) is 30.9 Å². The van der Waals surface area contributed by atoms with Crippen LogP contribution in [0.1, 0.15) is 5.69 Å². The molecule has 0 N–H and O–H groups in total. The number of hydrogen-bond donors (Lipinski definition) is 0. The number of carbonyl (C=O) groups excluding carboxylic acids is 1. The van der Waals surface area contributed by atoms with Crippen molar-refractivity contribution < 1.29 is 28.3 Å². The van der Waals surface area contributed by atoms with Crippen LogP contribution >= 0.6 is 0 Å². The molecule has 2 heterocycles. The van der Waals surface area contributed by atoms with Crippen LogP contribution in [0.5, 0.6) is 17.2 Å². The molecule has 0 radical (unpaired) electrons. The normalized spacial score (nSPS) is 15.2. The number of para-hydroxylation sites is 2. The Labute approximate surface area is 155 Å². The Hall–Kier alpha value is -3.48. The number of methoxy groups -OCH3 is 1. The van der Waals surface area contributed by atoms with Gasteiger partial charge in [0.1, 0.15) is 24.7 Å². The zero-order valence-corrected chi connectivity index (χ0v) is 14.6. The Morgan fingerprint density at radius 3 is 2.85 bits per heavy atom. The highest BCUT2D eigenvalue weighted by Gasteiger charge is 2.28. The number of rotatable bonds is 5. The molecule has 0 aliphatic carbocycles. The predicted octanol–water partition coefficient (Wildman–Crippen LogP) is 3.23. The molecule has 0 saturated heterocycles. The van der Waals surface area contributed by atoms with Crippen molar-refractivity contribution in [3.8, 4) is 28.6 Å². The molecule has 0 saturated carbocycles. The van der Waals surface area contributed by atoms with Crippen molar-refractivity contribution in [3.63, 3.8) is 0 Å². The van der Waals surface area contributed by atoms with Crippen LogP contribution in [0.15, 0.2) is 59.1 Å². The minimum Gasteiger partial charge on any atom is -0.497 e. The standard InChI is InChI=1S/C20H17NO6/c1-23-15-6-4-5-13(9-15)18-10-14(21-27-18)11-25-20(22)19-12-24-16-7-2-3-8-17(16)26-19/h2-10,19H,11-12H2,1H3. The van der Waals surface area contributed by atoms with Gasteiger partial charge in [-0.15, -0.1) is 0 Å². The van der Waals surface area contributed by atoms with E-state index in [1.54, 1.807) is 25.3 Å². The van der Waals surface area contributed by atoms with E-state index in [-0.39, 0.29) is 13.2 Å². The van der Waals surface area contributed by atoms with Crippen molar-refractivity contribution in [2.24, 2.45) is 0 Å². The fourth-order valence-electron chi connectivity index (χ4n) is 2.67. The van der Waals surface area contributed by atoms with Crippen molar-refractivity contribution in [2.75, 3.05) is 13.7 Å². The van der Waals surface area contributed by atoms with Crippen LogP contribution in [0.3, 0.4) is 0 Å². The Morgan fingerprint density at radius 1 is 1.15 bits per heavy atom. The molecule has 1 aromatic heterocycles. The van der Waals surface area contributed by atoms with E-state index in [1.165, 1.54) is 0 Å². The lowest BCUT2D eigenvalue weighted by atomic mass is 10.1. The first kappa shape index (κ1) is 17.0. The van der Waals surface area contributed by atoms with E-state index in [2.05, 4.69) is 5.16 Å². The minimum atomic E-state index is -0.815. The number of nitrogens with zero attached hydrogens (tertiary/aromatic N) is 1. The SMILES string of the molecule is COc1cccc(-c2cc(COC(=O)C3COc4ccccc4O3)no2)c1. The molecule has 1 aliphatic rings. The summed E-state index contributed by atoms with van der Waals surface area (Å²) in [6.07, 6.45) is -0.815. The summed E-state index contributed by atoms with van der Waals surface area (Å²) in [6.45, 7) is 0.0809. The van der Waals surface area contributed by atoms with Crippen molar-refractivity contribution in [1.29, 1.82) is 0 Å². The summed E-state index contributed by atoms with van der Waals surface area (Å²) in [6, 6.07) is 16.3. The summed E-state index contributed by atoms with van der Waals surface area (Å²) in [5.41, 5.74) is 1.32. The van der Waals surface area contributed by atoms with Crippen molar-refractivity contribution in [2.45, 2.75) is 12.7 Å². The topological polar surface area (TPSA) is 80.0 Å². The monoisotopic (exact) mass is 367 g/mol. The maximum Gasteiger partial charge on any atom is 0.351 e. The first-order valence-electron chi connectivity index (χ1n) is 8.38. The van der Waals surface area contributed by atoms with Crippen LogP contribution < -0.4 is 14.2 Å². The third-order valence-electron chi connectivity index (χ3n) is 4.05. The highest BCUT2D eigenvalue weighted by atomic mass is 16.6. The van der Waals surface area contributed by atoms with Gasteiger partial charge in [0.05, 0.1) is 7.11 Å². The predicted molar refractivity (Wildman–Crippen MR) is 94.6 cm³/mol. The third kappa shape index (κ3) is 3.72. The lowest BCUT2D eigenvalue weighted by molar-refractivity contribution is -0.156. The summed E-state index contributed by atoms with van der Waals surface area (Å²) < 4.78 is 27.0. The van der Waals surface area contributed by atoms with Gasteiger partial charge in [0, 0.05) is 11.6 Å². The maximum atomic E-state index is 12.2. The first-order valence-corrected chi connectivity index (χ1v) is 8.38. The largest absolute Gasteiger partial charge is 0.497 e. The molecule has 4 rings (SSSR count). The molecule has 7 nitrogen and oxygen atoms in total. The molecule has 2 aromatic carbocycles. The van der Waals surface area contributed by atoms with Crippen LogP contribution in [-0.2, 0) is 16.1 Å². The van der Waals surface area contributed by atoms with E-state index >= 15 is 0 Å². The number of carbonyl (C=O) groups is 1. The molecular formula is C20H17NO6. The maximum absolute atomic E-state index is 12.2. The van der Waals surface area contributed by atoms with E-state index in [9.17, 15) is 4.79 Å². The van der Waals surface area contributed by atoms with Gasteiger partial charge in [-0.1, -0.05) is 29.4 Å². The minimum absolute atomic E-state index is 0.0200. The van der Waals surface area contributed by atoms with Crippen LogP contribution in [0.2, 0.25) is 0 Å². The molecule has 1 atom stereocenters. The van der Waals surface area contributed by atoms with Crippen molar-refractivity contribution in [1.82, 2.24) is 5.16 Å². The van der Waals surface area contributed by atoms with E-state index in [4.69, 9.17) is 23.5 Å². The molecule has 3 aromatic rings. The number of esters is 1. The van der Waals surface area contributed by atoms with Gasteiger partial charge in [0.25, 0.3) is 0 Å². The average Bonchev–Trinajstić information content (AvgIpc) is 3.21. The fourth-order valence-corrected chi connectivity index (χ4v) is 2.67. The summed E-state index contributed by atoms with van der Waals surface area (Å²) in [7, 11) is 1.60. The van der Waals surface area contributed by atoms with Gasteiger partial charge in [-0.3, -0.25) is 0 Å². The van der Waals surface area contributed by atoms with Crippen LogP contribution in [0.4, 0.5) is 0 Å². The fraction of sp³-hybridized carbons (Fsp3) is 0.200. The van der Waals surface area contributed by atoms with Crippen LogP contribution in [0, 0.1) is 0 Å². The second-order valence-corrected chi connectivity index (χ2v) is 5.89. The molecule has 27 heavy (non-hydrogen) atoms. The molecule has 1 unspecified atom stereocenters. The molecule has 0 amide bonds. The number of fused-ring (bicyclic) bond motifs is 1. The number of hydrogen-bond acceptors (Lipinski definition) is 7. The lowest BCUT2D eigenvalue weighted by Crippen LogP contribution is -2.37. The van der Waals surface area contributed by atoms with Gasteiger partial charge in [0.2, 0.25) is 6.10 Å². The van der Waals surface area contributed by atoms with Gasteiger partial charge in [-0.05, 0) is 24.3 Å². The molecule has 0 bridgehead atoms. The summed E-state index contributed by atoms with van der Waals surface area (Å²) in [5, 5.41) is 3.94. The van der Waals surface area contributed by atoms with Gasteiger partial charge >= 0.3 is 5.97 Å². The highest BCUT2D eigenvalue weighted by molar-refractivity contribution is 5.76. The Bertz CT molecular complexity index is 951. The van der Waals surface area contributed by atoms with Crippen LogP contribution in [0.25, 0.3) is 11.3 Å². The second-order valence-electron chi connectivity index (χ2n) is 5.89. The zero-order valence-electron chi connectivity index (χ0n) is 14.6. The molecule has 0 spiro atoms. The van der Waals surface area contributed by atoms with Crippen molar-refractivity contribution >= 4 is 5.97 Å². The quantitative estimate of drug-likeness (QED) is 0.641. The van der Waals surface area contributed by atoms with E-state index in [0.29, 0.717) is 28.7 Å².